The molecule has 0 aliphatic rings. The molecular weight excluding hydrogens is 430 g/mol. The zero-order valence-electron chi connectivity index (χ0n) is 19.7. The van der Waals surface area contributed by atoms with Crippen LogP contribution in [0.4, 0.5) is 0 Å². The van der Waals surface area contributed by atoms with Crippen molar-refractivity contribution < 1.29 is 18.0 Å². The third kappa shape index (κ3) is 21.4. The molecule has 0 saturated heterocycles. The van der Waals surface area contributed by atoms with Gasteiger partial charge in [-0.1, -0.05) is 75.9 Å². The van der Waals surface area contributed by atoms with E-state index in [0.717, 1.165) is 32.1 Å². The number of carbonyl (C=O) groups is 2. The first-order chi connectivity index (χ1) is 15.3. The smallest absolute Gasteiger partial charge is 0.234 e. The Morgan fingerprint density at radius 1 is 0.750 bits per heavy atom. The standard InChI is InChI=1S/C22H43N5O4S/c1-20(28)16-15-19-32(30,31)26-22(29)18-14-12-10-8-6-4-2-3-5-7-9-11-13-17-21(23)25-27-24/h2-19H2,1H3,(H,26,29)(H3,23,24,25). The van der Waals surface area contributed by atoms with Gasteiger partial charge in [-0.3, -0.25) is 14.9 Å². The maximum atomic E-state index is 11.8. The molecular formula is C22H43N5O4S. The van der Waals surface area contributed by atoms with Gasteiger partial charge in [0.05, 0.1) is 5.75 Å². The van der Waals surface area contributed by atoms with Crippen LogP contribution in [-0.4, -0.2) is 31.7 Å². The van der Waals surface area contributed by atoms with Crippen LogP contribution in [0.3, 0.4) is 0 Å². The molecule has 1 amide bonds. The Labute approximate surface area is 193 Å². The molecule has 0 saturated carbocycles. The lowest BCUT2D eigenvalue weighted by molar-refractivity contribution is -0.119. The number of sulfonamides is 1. The average Bonchev–Trinajstić information content (AvgIpc) is 2.70. The molecule has 186 valence electrons. The highest BCUT2D eigenvalue weighted by Gasteiger charge is 2.14. The summed E-state index contributed by atoms with van der Waals surface area (Å²) in [4.78, 5) is 22.6. The Bertz CT molecular complexity index is 665. The lowest BCUT2D eigenvalue weighted by Gasteiger charge is -2.06. The van der Waals surface area contributed by atoms with E-state index >= 15 is 0 Å². The lowest BCUT2D eigenvalue weighted by Crippen LogP contribution is -2.32. The van der Waals surface area contributed by atoms with Crippen molar-refractivity contribution in [2.45, 2.75) is 116 Å². The van der Waals surface area contributed by atoms with E-state index in [9.17, 15) is 18.0 Å². The van der Waals surface area contributed by atoms with Gasteiger partial charge in [-0.2, -0.15) is 0 Å². The molecule has 4 N–H and O–H groups in total. The molecule has 0 fully saturated rings. The third-order valence-electron chi connectivity index (χ3n) is 5.21. The number of hydrogen-bond donors (Lipinski definition) is 3. The molecule has 0 aliphatic carbocycles. The predicted molar refractivity (Wildman–Crippen MR) is 128 cm³/mol. The third-order valence-corrected chi connectivity index (χ3v) is 6.57. The lowest BCUT2D eigenvalue weighted by atomic mass is 10.0. The van der Waals surface area contributed by atoms with E-state index in [0.29, 0.717) is 12.8 Å². The number of carbonyl (C=O) groups excluding carboxylic acids is 2. The van der Waals surface area contributed by atoms with E-state index in [2.05, 4.69) is 15.1 Å². The van der Waals surface area contributed by atoms with Gasteiger partial charge in [0.25, 0.3) is 0 Å². The van der Waals surface area contributed by atoms with Gasteiger partial charge in [-0.15, -0.1) is 5.11 Å². The molecule has 0 heterocycles. The van der Waals surface area contributed by atoms with Crippen molar-refractivity contribution in [3.63, 3.8) is 0 Å². The number of Topliss-reactive ketones (excluding diaryl/α,β-unsaturated/α-hetero) is 1. The highest BCUT2D eigenvalue weighted by Crippen LogP contribution is 2.13. The summed E-state index contributed by atoms with van der Waals surface area (Å²) in [6.45, 7) is 1.42. The largest absolute Gasteiger partial charge is 0.305 e. The molecule has 0 aliphatic heterocycles. The summed E-state index contributed by atoms with van der Waals surface area (Å²) in [5.41, 5.74) is 0. The van der Waals surface area contributed by atoms with E-state index in [1.807, 2.05) is 0 Å². The predicted octanol–water partition coefficient (Wildman–Crippen LogP) is 4.96. The van der Waals surface area contributed by atoms with Crippen LogP contribution in [0.1, 0.15) is 116 Å². The average molecular weight is 474 g/mol. The number of amidine groups is 1. The van der Waals surface area contributed by atoms with Gasteiger partial charge in [-0.25, -0.2) is 8.42 Å². The number of nitrogens with one attached hydrogen (secondary N) is 2. The zero-order valence-corrected chi connectivity index (χ0v) is 20.6. The molecule has 0 aromatic carbocycles. The Hall–Kier alpha value is -1.84. The van der Waals surface area contributed by atoms with Crippen LogP contribution in [0, 0.1) is 5.41 Å². The summed E-state index contributed by atoms with van der Waals surface area (Å²) < 4.78 is 25.6. The fraction of sp³-hybridized carbons (Fsp3) is 0.864. The van der Waals surface area contributed by atoms with Gasteiger partial charge in [-0.05, 0) is 26.2 Å². The monoisotopic (exact) mass is 473 g/mol. The number of nitrogens with zero attached hydrogens (tertiary/aromatic N) is 2. The molecule has 0 spiro atoms. The molecule has 32 heavy (non-hydrogen) atoms. The Kier molecular flexibility index (Phi) is 18.7. The first-order valence-electron chi connectivity index (χ1n) is 12.0. The van der Waals surface area contributed by atoms with Gasteiger partial charge in [0, 0.05) is 19.3 Å². The first-order valence-corrected chi connectivity index (χ1v) is 13.6. The maximum absolute atomic E-state index is 11.8. The highest BCUT2D eigenvalue weighted by molar-refractivity contribution is 7.90. The Morgan fingerprint density at radius 3 is 1.62 bits per heavy atom. The van der Waals surface area contributed by atoms with Gasteiger partial charge < -0.3 is 10.6 Å². The van der Waals surface area contributed by atoms with Crippen molar-refractivity contribution in [1.29, 1.82) is 5.41 Å². The number of ketones is 1. The van der Waals surface area contributed by atoms with Crippen LogP contribution in [0.5, 0.6) is 0 Å². The van der Waals surface area contributed by atoms with Crippen molar-refractivity contribution in [3.05, 3.63) is 0 Å². The minimum absolute atomic E-state index is 0.0511. The fourth-order valence-corrected chi connectivity index (χ4v) is 4.50. The van der Waals surface area contributed by atoms with Crippen LogP contribution in [0.25, 0.3) is 0 Å². The van der Waals surface area contributed by atoms with E-state index in [1.165, 1.54) is 51.9 Å². The molecule has 0 radical (unpaired) electrons. The Balaban J connectivity index is 3.42. The maximum Gasteiger partial charge on any atom is 0.234 e. The molecule has 0 rings (SSSR count). The fourth-order valence-electron chi connectivity index (χ4n) is 3.43. The quantitative estimate of drug-likeness (QED) is 0.0536. The van der Waals surface area contributed by atoms with E-state index in [4.69, 9.17) is 11.3 Å². The summed E-state index contributed by atoms with van der Waals surface area (Å²) in [6.07, 6.45) is 15.9. The number of nitrogens with two attached hydrogens (primary N) is 1. The van der Waals surface area contributed by atoms with Gasteiger partial charge >= 0.3 is 0 Å². The summed E-state index contributed by atoms with van der Waals surface area (Å²) in [5.74, 6) is 4.47. The normalized spacial score (nSPS) is 11.7. The minimum atomic E-state index is -3.62. The second-order valence-corrected chi connectivity index (χ2v) is 10.2. The van der Waals surface area contributed by atoms with Crippen molar-refractivity contribution in [2.75, 3.05) is 5.75 Å². The van der Waals surface area contributed by atoms with E-state index in [-0.39, 0.29) is 36.6 Å². The second kappa shape index (κ2) is 19.8. The van der Waals surface area contributed by atoms with Crippen molar-refractivity contribution in [3.8, 4) is 0 Å². The number of amides is 1. The Morgan fingerprint density at radius 2 is 1.19 bits per heavy atom. The van der Waals surface area contributed by atoms with Crippen LogP contribution in [-0.2, 0) is 19.6 Å². The zero-order chi connectivity index (χ0) is 24.1. The molecule has 0 bridgehead atoms. The second-order valence-electron chi connectivity index (χ2n) is 8.41. The summed E-state index contributed by atoms with van der Waals surface area (Å²) in [7, 11) is -3.62. The number of unbranched alkanes of at least 4 members (excludes halogenated alkanes) is 12. The summed E-state index contributed by atoms with van der Waals surface area (Å²) >= 11 is 0. The number of rotatable bonds is 21. The van der Waals surface area contributed by atoms with Gasteiger partial charge in [0.2, 0.25) is 15.9 Å². The van der Waals surface area contributed by atoms with Gasteiger partial charge in [0.1, 0.15) is 11.6 Å². The van der Waals surface area contributed by atoms with Crippen LogP contribution < -0.4 is 10.6 Å². The van der Waals surface area contributed by atoms with Crippen LogP contribution in [0.15, 0.2) is 10.3 Å². The topological polar surface area (TPSA) is 155 Å². The van der Waals surface area contributed by atoms with Crippen molar-refractivity contribution in [2.24, 2.45) is 16.2 Å². The van der Waals surface area contributed by atoms with Crippen molar-refractivity contribution >= 4 is 27.5 Å². The molecule has 9 nitrogen and oxygen atoms in total. The minimum Gasteiger partial charge on any atom is -0.305 e. The van der Waals surface area contributed by atoms with Crippen molar-refractivity contribution in [1.82, 2.24) is 4.72 Å². The summed E-state index contributed by atoms with van der Waals surface area (Å²) in [5, 5.41) is 14.0. The summed E-state index contributed by atoms with van der Waals surface area (Å²) in [6, 6.07) is 0. The van der Waals surface area contributed by atoms with E-state index < -0.39 is 15.9 Å². The van der Waals surface area contributed by atoms with Crippen LogP contribution in [0.2, 0.25) is 0 Å². The van der Waals surface area contributed by atoms with Crippen LogP contribution >= 0.6 is 0 Å². The molecule has 0 unspecified atom stereocenters. The molecule has 0 atom stereocenters. The highest BCUT2D eigenvalue weighted by atomic mass is 32.2. The van der Waals surface area contributed by atoms with Gasteiger partial charge in [0.15, 0.2) is 0 Å². The van der Waals surface area contributed by atoms with E-state index in [1.54, 1.807) is 0 Å². The molecule has 0 aromatic rings. The molecule has 10 heteroatoms. The first kappa shape index (κ1) is 30.2. The SMILES string of the molecule is CC(=O)CCCS(=O)(=O)NC(=O)CCCCCCCCCCCCCCCC(=N)N=NN. The number of hydrogen-bond acceptors (Lipinski definition) is 6. The molecule has 0 aromatic heterocycles.